The number of ether oxygens (including phenoxy) is 1. The molecule has 0 atom stereocenters. The monoisotopic (exact) mass is 403 g/mol. The van der Waals surface area contributed by atoms with Crippen LogP contribution in [0, 0.1) is 27.7 Å². The second-order valence-electron chi connectivity index (χ2n) is 7.33. The van der Waals surface area contributed by atoms with E-state index in [0.717, 1.165) is 22.5 Å². The lowest BCUT2D eigenvalue weighted by atomic mass is 10.0. The summed E-state index contributed by atoms with van der Waals surface area (Å²) in [5, 5.41) is 2.80. The average molecular weight is 403 g/mol. The molecule has 1 amide bonds. The quantitative estimate of drug-likeness (QED) is 0.555. The first kappa shape index (κ1) is 21.2. The molecule has 3 aromatic rings. The fourth-order valence-corrected chi connectivity index (χ4v) is 2.96. The molecule has 1 N–H and O–H groups in total. The lowest BCUT2D eigenvalue weighted by Crippen LogP contribution is -2.13. The molecule has 0 fully saturated rings. The number of aryl methyl sites for hydroxylation is 4. The number of aromatic nitrogens is 2. The highest BCUT2D eigenvalue weighted by atomic mass is 16.5. The average Bonchev–Trinajstić information content (AvgIpc) is 2.69. The molecular formula is C24H25N3O3. The van der Waals surface area contributed by atoms with E-state index in [2.05, 4.69) is 15.3 Å². The van der Waals surface area contributed by atoms with Gasteiger partial charge in [-0.3, -0.25) is 9.59 Å². The summed E-state index contributed by atoms with van der Waals surface area (Å²) >= 11 is 0. The number of amides is 1. The zero-order chi connectivity index (χ0) is 21.7. The van der Waals surface area contributed by atoms with Gasteiger partial charge in [-0.25, -0.2) is 9.97 Å². The molecule has 6 heteroatoms. The Labute approximate surface area is 176 Å². The Morgan fingerprint density at radius 2 is 1.50 bits per heavy atom. The molecule has 6 nitrogen and oxygen atoms in total. The first-order valence-corrected chi connectivity index (χ1v) is 9.80. The fraction of sp³-hybridized carbons (Fsp3) is 0.250. The van der Waals surface area contributed by atoms with Gasteiger partial charge in [0.2, 0.25) is 5.91 Å². The summed E-state index contributed by atoms with van der Waals surface area (Å²) < 4.78 is 5.67. The Balaban J connectivity index is 1.52. The van der Waals surface area contributed by atoms with Crippen LogP contribution < -0.4 is 10.1 Å². The summed E-state index contributed by atoms with van der Waals surface area (Å²) in [4.78, 5) is 33.0. The van der Waals surface area contributed by atoms with Crippen LogP contribution in [0.15, 0.2) is 48.5 Å². The first-order valence-electron chi connectivity index (χ1n) is 9.80. The number of rotatable bonds is 7. The molecule has 3 rings (SSSR count). The van der Waals surface area contributed by atoms with Gasteiger partial charge in [0, 0.05) is 35.5 Å². The molecule has 2 aromatic carbocycles. The Bertz CT molecular complexity index is 1060. The van der Waals surface area contributed by atoms with Gasteiger partial charge in [-0.2, -0.15) is 0 Å². The molecule has 0 aliphatic heterocycles. The molecule has 0 saturated heterocycles. The Hall–Kier alpha value is -3.54. The van der Waals surface area contributed by atoms with Crippen molar-refractivity contribution in [3.63, 3.8) is 0 Å². The van der Waals surface area contributed by atoms with E-state index in [9.17, 15) is 9.59 Å². The third kappa shape index (κ3) is 5.73. The highest BCUT2D eigenvalue weighted by Crippen LogP contribution is 2.21. The maximum absolute atomic E-state index is 12.3. The van der Waals surface area contributed by atoms with Gasteiger partial charge >= 0.3 is 6.01 Å². The predicted molar refractivity (Wildman–Crippen MR) is 116 cm³/mol. The number of nitrogens with zero attached hydrogens (tertiary/aromatic N) is 2. The van der Waals surface area contributed by atoms with Crippen molar-refractivity contribution in [2.24, 2.45) is 0 Å². The van der Waals surface area contributed by atoms with Crippen molar-refractivity contribution in [1.29, 1.82) is 0 Å². The molecule has 0 unspecified atom stereocenters. The minimum Gasteiger partial charge on any atom is -0.424 e. The lowest BCUT2D eigenvalue weighted by molar-refractivity contribution is -0.116. The van der Waals surface area contributed by atoms with Crippen molar-refractivity contribution in [2.45, 2.75) is 40.5 Å². The number of hydrogen-bond acceptors (Lipinski definition) is 5. The van der Waals surface area contributed by atoms with Crippen LogP contribution >= 0.6 is 0 Å². The number of benzene rings is 2. The highest BCUT2D eigenvalue weighted by molar-refractivity contribution is 6.00. The Morgan fingerprint density at radius 3 is 2.13 bits per heavy atom. The second kappa shape index (κ2) is 9.31. The van der Waals surface area contributed by atoms with E-state index in [-0.39, 0.29) is 30.5 Å². The van der Waals surface area contributed by atoms with Crippen molar-refractivity contribution in [1.82, 2.24) is 9.97 Å². The normalized spacial score (nSPS) is 10.5. The van der Waals surface area contributed by atoms with Crippen LogP contribution in [0.25, 0.3) is 0 Å². The zero-order valence-electron chi connectivity index (χ0n) is 17.7. The van der Waals surface area contributed by atoms with Crippen molar-refractivity contribution in [3.05, 3.63) is 76.6 Å². The van der Waals surface area contributed by atoms with Crippen molar-refractivity contribution in [2.75, 3.05) is 5.32 Å². The van der Waals surface area contributed by atoms with E-state index < -0.39 is 0 Å². The summed E-state index contributed by atoms with van der Waals surface area (Å²) in [5.74, 6) is 0.326. The van der Waals surface area contributed by atoms with Gasteiger partial charge in [0.05, 0.1) is 0 Å². The molecular weight excluding hydrogens is 378 g/mol. The number of ketones is 1. The van der Waals surface area contributed by atoms with Crippen LogP contribution in [0.2, 0.25) is 0 Å². The molecule has 0 saturated carbocycles. The maximum Gasteiger partial charge on any atom is 0.322 e. The van der Waals surface area contributed by atoms with Gasteiger partial charge in [0.1, 0.15) is 5.75 Å². The van der Waals surface area contributed by atoms with Gasteiger partial charge in [0.25, 0.3) is 0 Å². The number of carbonyl (C=O) groups excluding carboxylic acids is 2. The number of nitrogens with one attached hydrogen (secondary N) is 1. The Morgan fingerprint density at radius 1 is 0.833 bits per heavy atom. The molecule has 1 heterocycles. The minimum atomic E-state index is -0.210. The minimum absolute atomic E-state index is 0.0366. The van der Waals surface area contributed by atoms with Crippen LogP contribution in [0.3, 0.4) is 0 Å². The largest absolute Gasteiger partial charge is 0.424 e. The van der Waals surface area contributed by atoms with Crippen LogP contribution in [-0.2, 0) is 4.79 Å². The van der Waals surface area contributed by atoms with Gasteiger partial charge in [-0.1, -0.05) is 12.1 Å². The third-order valence-corrected chi connectivity index (χ3v) is 4.72. The molecule has 0 bridgehead atoms. The highest BCUT2D eigenvalue weighted by Gasteiger charge is 2.11. The summed E-state index contributed by atoms with van der Waals surface area (Å²) in [6.07, 6.45) is 0.292. The third-order valence-electron chi connectivity index (χ3n) is 4.72. The van der Waals surface area contributed by atoms with Crippen LogP contribution in [0.1, 0.15) is 45.7 Å². The zero-order valence-corrected chi connectivity index (χ0v) is 17.7. The van der Waals surface area contributed by atoms with E-state index in [1.165, 1.54) is 0 Å². The topological polar surface area (TPSA) is 81.2 Å². The number of hydrogen-bond donors (Lipinski definition) is 1. The summed E-state index contributed by atoms with van der Waals surface area (Å²) in [7, 11) is 0. The fourth-order valence-electron chi connectivity index (χ4n) is 2.96. The standard InChI is InChI=1S/C24H25N3O3/c1-15-5-6-19(13-16(15)2)22(28)11-12-23(29)27-20-7-9-21(10-8-20)30-24-25-17(3)14-18(4)26-24/h5-10,13-14H,11-12H2,1-4H3,(H,27,29). The van der Waals surface area contributed by atoms with Crippen LogP contribution in [0.4, 0.5) is 5.69 Å². The van der Waals surface area contributed by atoms with E-state index in [1.807, 2.05) is 45.9 Å². The maximum atomic E-state index is 12.3. The number of Topliss-reactive ketones (excluding diaryl/α,β-unsaturated/α-hetero) is 1. The van der Waals surface area contributed by atoms with Crippen molar-refractivity contribution >= 4 is 17.4 Å². The Kier molecular flexibility index (Phi) is 6.57. The van der Waals surface area contributed by atoms with E-state index >= 15 is 0 Å². The molecule has 1 aromatic heterocycles. The van der Waals surface area contributed by atoms with E-state index in [1.54, 1.807) is 30.3 Å². The smallest absolute Gasteiger partial charge is 0.322 e. The summed E-state index contributed by atoms with van der Waals surface area (Å²) in [6, 6.07) is 14.7. The molecule has 0 aliphatic carbocycles. The summed E-state index contributed by atoms with van der Waals surface area (Å²) in [6.45, 7) is 7.73. The predicted octanol–water partition coefficient (Wildman–Crippen LogP) is 5.10. The number of anilines is 1. The van der Waals surface area contributed by atoms with Gasteiger partial charge in [0.15, 0.2) is 5.78 Å². The van der Waals surface area contributed by atoms with Crippen LogP contribution in [-0.4, -0.2) is 21.7 Å². The first-order chi connectivity index (χ1) is 14.3. The van der Waals surface area contributed by atoms with Crippen molar-refractivity contribution < 1.29 is 14.3 Å². The molecule has 0 radical (unpaired) electrons. The SMILES string of the molecule is Cc1cc(C)nc(Oc2ccc(NC(=O)CCC(=O)c3ccc(C)c(C)c3)cc2)n1. The van der Waals surface area contributed by atoms with Gasteiger partial charge in [-0.05, 0) is 75.2 Å². The van der Waals surface area contributed by atoms with E-state index in [4.69, 9.17) is 4.74 Å². The van der Waals surface area contributed by atoms with Gasteiger partial charge in [-0.15, -0.1) is 0 Å². The lowest BCUT2D eigenvalue weighted by Gasteiger charge is -2.08. The molecule has 0 aliphatic rings. The second-order valence-corrected chi connectivity index (χ2v) is 7.33. The van der Waals surface area contributed by atoms with E-state index in [0.29, 0.717) is 17.0 Å². The van der Waals surface area contributed by atoms with Crippen LogP contribution in [0.5, 0.6) is 11.8 Å². The molecule has 30 heavy (non-hydrogen) atoms. The molecule has 0 spiro atoms. The summed E-state index contributed by atoms with van der Waals surface area (Å²) in [5.41, 5.74) is 5.14. The van der Waals surface area contributed by atoms with Gasteiger partial charge < -0.3 is 10.1 Å². The molecule has 154 valence electrons. The van der Waals surface area contributed by atoms with Crippen molar-refractivity contribution in [3.8, 4) is 11.8 Å². The number of carbonyl (C=O) groups is 2.